The van der Waals surface area contributed by atoms with E-state index in [4.69, 9.17) is 14.7 Å². The molecule has 120 valence electrons. The van der Waals surface area contributed by atoms with Crippen LogP contribution in [0.3, 0.4) is 0 Å². The van der Waals surface area contributed by atoms with E-state index in [0.29, 0.717) is 36.9 Å². The largest absolute Gasteiger partial charge is 0.461 e. The van der Waals surface area contributed by atoms with Crippen LogP contribution in [0.1, 0.15) is 25.2 Å². The molecule has 2 aromatic rings. The summed E-state index contributed by atoms with van der Waals surface area (Å²) in [6.07, 6.45) is 4.29. The summed E-state index contributed by atoms with van der Waals surface area (Å²) in [6.45, 7) is 1.42. The van der Waals surface area contributed by atoms with Crippen LogP contribution in [-0.2, 0) is 11.2 Å². The number of nitrogens with two attached hydrogens (primary N) is 1. The topological polar surface area (TPSA) is 98.4 Å². The number of hydrogen-bond acceptors (Lipinski definition) is 6. The van der Waals surface area contributed by atoms with Crippen LogP contribution in [0.25, 0.3) is 11.6 Å². The van der Waals surface area contributed by atoms with Gasteiger partial charge in [-0.05, 0) is 25.0 Å². The first kappa shape index (κ1) is 16.5. The molecule has 0 radical (unpaired) electrons. The molecule has 0 aromatic carbocycles. The van der Waals surface area contributed by atoms with Crippen molar-refractivity contribution in [1.82, 2.24) is 15.0 Å². The summed E-state index contributed by atoms with van der Waals surface area (Å²) in [5.74, 6) is 1.49. The van der Waals surface area contributed by atoms with E-state index >= 15 is 0 Å². The zero-order chi connectivity index (χ0) is 14.7. The van der Waals surface area contributed by atoms with Crippen molar-refractivity contribution in [2.24, 2.45) is 5.73 Å². The van der Waals surface area contributed by atoms with E-state index in [1.165, 1.54) is 0 Å². The maximum atomic E-state index is 12.1. The first-order valence-electron chi connectivity index (χ1n) is 7.12. The lowest BCUT2D eigenvalue weighted by Gasteiger charge is -2.30. The first-order chi connectivity index (χ1) is 10.2. The number of piperidine rings is 1. The molecule has 8 heteroatoms. The molecule has 0 spiro atoms. The van der Waals surface area contributed by atoms with Gasteiger partial charge in [0.2, 0.25) is 17.6 Å². The number of halogens is 1. The van der Waals surface area contributed by atoms with Crippen LogP contribution in [0.15, 0.2) is 27.3 Å². The Morgan fingerprint density at radius 3 is 3.09 bits per heavy atom. The normalized spacial score (nSPS) is 18.0. The number of carbonyl (C=O) groups excluding carboxylic acids is 1. The van der Waals surface area contributed by atoms with Gasteiger partial charge >= 0.3 is 0 Å². The SMILES string of the molecule is Cl.NC1CCCN(C(=O)CCc2nc(-c3ccco3)no2)C1. The minimum Gasteiger partial charge on any atom is -0.461 e. The second-order valence-corrected chi connectivity index (χ2v) is 5.23. The van der Waals surface area contributed by atoms with Crippen molar-refractivity contribution in [2.75, 3.05) is 13.1 Å². The zero-order valence-electron chi connectivity index (χ0n) is 12.1. The monoisotopic (exact) mass is 326 g/mol. The molecular weight excluding hydrogens is 308 g/mol. The van der Waals surface area contributed by atoms with Crippen LogP contribution in [0.2, 0.25) is 0 Å². The Balaban J connectivity index is 0.00000176. The van der Waals surface area contributed by atoms with Crippen molar-refractivity contribution in [3.05, 3.63) is 24.3 Å². The number of nitrogens with zero attached hydrogens (tertiary/aromatic N) is 3. The molecule has 2 aromatic heterocycles. The highest BCUT2D eigenvalue weighted by molar-refractivity contribution is 5.85. The van der Waals surface area contributed by atoms with Gasteiger partial charge in [-0.2, -0.15) is 4.98 Å². The smallest absolute Gasteiger partial charge is 0.238 e. The maximum Gasteiger partial charge on any atom is 0.238 e. The van der Waals surface area contributed by atoms with Gasteiger partial charge < -0.3 is 19.6 Å². The Morgan fingerprint density at radius 1 is 1.50 bits per heavy atom. The Morgan fingerprint density at radius 2 is 2.36 bits per heavy atom. The molecule has 0 bridgehead atoms. The molecular formula is C14H19ClN4O3. The predicted molar refractivity (Wildman–Crippen MR) is 81.4 cm³/mol. The van der Waals surface area contributed by atoms with Gasteiger partial charge in [0.05, 0.1) is 6.26 Å². The van der Waals surface area contributed by atoms with Crippen molar-refractivity contribution in [3.63, 3.8) is 0 Å². The molecule has 0 aliphatic carbocycles. The third kappa shape index (κ3) is 3.86. The lowest BCUT2D eigenvalue weighted by Crippen LogP contribution is -2.45. The summed E-state index contributed by atoms with van der Waals surface area (Å²) >= 11 is 0. The number of aryl methyl sites for hydroxylation is 1. The number of likely N-dealkylation sites (tertiary alicyclic amines) is 1. The van der Waals surface area contributed by atoms with E-state index < -0.39 is 0 Å². The Bertz CT molecular complexity index is 599. The quantitative estimate of drug-likeness (QED) is 0.917. The molecule has 1 atom stereocenters. The molecule has 1 saturated heterocycles. The van der Waals surface area contributed by atoms with Crippen LogP contribution in [0.5, 0.6) is 0 Å². The second-order valence-electron chi connectivity index (χ2n) is 5.23. The summed E-state index contributed by atoms with van der Waals surface area (Å²) in [6, 6.07) is 3.61. The maximum absolute atomic E-state index is 12.1. The van der Waals surface area contributed by atoms with Crippen LogP contribution in [0.4, 0.5) is 0 Å². The molecule has 3 heterocycles. The summed E-state index contributed by atoms with van der Waals surface area (Å²) in [7, 11) is 0. The average Bonchev–Trinajstić information content (AvgIpc) is 3.15. The van der Waals surface area contributed by atoms with Gasteiger partial charge in [-0.1, -0.05) is 5.16 Å². The number of carbonyl (C=O) groups is 1. The average molecular weight is 327 g/mol. The fraction of sp³-hybridized carbons (Fsp3) is 0.500. The van der Waals surface area contributed by atoms with E-state index in [2.05, 4.69) is 10.1 Å². The number of amides is 1. The summed E-state index contributed by atoms with van der Waals surface area (Å²) in [5, 5.41) is 3.84. The molecule has 0 saturated carbocycles. The zero-order valence-corrected chi connectivity index (χ0v) is 12.9. The van der Waals surface area contributed by atoms with Crippen molar-refractivity contribution in [2.45, 2.75) is 31.7 Å². The fourth-order valence-electron chi connectivity index (χ4n) is 2.47. The number of rotatable bonds is 4. The van der Waals surface area contributed by atoms with Crippen LogP contribution >= 0.6 is 12.4 Å². The van der Waals surface area contributed by atoms with Crippen molar-refractivity contribution < 1.29 is 13.7 Å². The van der Waals surface area contributed by atoms with E-state index in [-0.39, 0.29) is 24.4 Å². The Hall–Kier alpha value is -1.86. The number of hydrogen-bond donors (Lipinski definition) is 1. The van der Waals surface area contributed by atoms with Gasteiger partial charge in [-0.15, -0.1) is 12.4 Å². The predicted octanol–water partition coefficient (Wildman–Crippen LogP) is 1.63. The van der Waals surface area contributed by atoms with Crippen LogP contribution in [0, 0.1) is 0 Å². The Kier molecular flexibility index (Phi) is 5.57. The van der Waals surface area contributed by atoms with E-state index in [9.17, 15) is 4.79 Å². The van der Waals surface area contributed by atoms with Crippen LogP contribution in [-0.4, -0.2) is 40.1 Å². The number of aromatic nitrogens is 2. The van der Waals surface area contributed by atoms with E-state index in [1.54, 1.807) is 18.4 Å². The molecule has 2 N–H and O–H groups in total. The summed E-state index contributed by atoms with van der Waals surface area (Å²) in [5.41, 5.74) is 5.88. The lowest BCUT2D eigenvalue weighted by molar-refractivity contribution is -0.132. The minimum atomic E-state index is 0. The van der Waals surface area contributed by atoms with Gasteiger partial charge in [0.25, 0.3) is 0 Å². The van der Waals surface area contributed by atoms with Crippen molar-refractivity contribution in [3.8, 4) is 11.6 Å². The minimum absolute atomic E-state index is 0. The fourth-order valence-corrected chi connectivity index (χ4v) is 2.47. The van der Waals surface area contributed by atoms with E-state index in [1.807, 2.05) is 4.90 Å². The van der Waals surface area contributed by atoms with Gasteiger partial charge in [0.15, 0.2) is 5.76 Å². The molecule has 1 fully saturated rings. The first-order valence-corrected chi connectivity index (χ1v) is 7.12. The van der Waals surface area contributed by atoms with Gasteiger partial charge in [-0.25, -0.2) is 0 Å². The van der Waals surface area contributed by atoms with Crippen LogP contribution < -0.4 is 5.73 Å². The lowest BCUT2D eigenvalue weighted by atomic mass is 10.1. The molecule has 7 nitrogen and oxygen atoms in total. The highest BCUT2D eigenvalue weighted by Gasteiger charge is 2.21. The molecule has 1 aliphatic rings. The third-order valence-corrected chi connectivity index (χ3v) is 3.57. The standard InChI is InChI=1S/C14H18N4O3.ClH/c15-10-3-1-7-18(9-10)13(19)6-5-12-16-14(17-21-12)11-4-2-8-20-11;/h2,4,8,10H,1,3,5-7,9,15H2;1H. The highest BCUT2D eigenvalue weighted by atomic mass is 35.5. The summed E-state index contributed by atoms with van der Waals surface area (Å²) in [4.78, 5) is 18.1. The molecule has 1 unspecified atom stereocenters. The van der Waals surface area contributed by atoms with E-state index in [0.717, 1.165) is 19.4 Å². The summed E-state index contributed by atoms with van der Waals surface area (Å²) < 4.78 is 10.3. The van der Waals surface area contributed by atoms with Crippen molar-refractivity contribution >= 4 is 18.3 Å². The Labute approximate surface area is 134 Å². The second kappa shape index (κ2) is 7.42. The molecule has 22 heavy (non-hydrogen) atoms. The molecule has 1 aliphatic heterocycles. The van der Waals surface area contributed by atoms with Gasteiger partial charge in [0.1, 0.15) is 0 Å². The van der Waals surface area contributed by atoms with Gasteiger partial charge in [0, 0.05) is 32.0 Å². The number of furan rings is 1. The molecule has 3 rings (SSSR count). The van der Waals surface area contributed by atoms with Gasteiger partial charge in [-0.3, -0.25) is 4.79 Å². The highest BCUT2D eigenvalue weighted by Crippen LogP contribution is 2.17. The molecule has 1 amide bonds. The van der Waals surface area contributed by atoms with Crippen molar-refractivity contribution in [1.29, 1.82) is 0 Å². The third-order valence-electron chi connectivity index (χ3n) is 3.57.